The quantitative estimate of drug-likeness (QED) is 0.639. The van der Waals surface area contributed by atoms with Gasteiger partial charge < -0.3 is 10.1 Å². The van der Waals surface area contributed by atoms with E-state index in [9.17, 15) is 9.59 Å². The molecule has 3 rings (SSSR count). The smallest absolute Gasteiger partial charge is 0.349 e. The number of fused-ring (bicyclic) bond motifs is 1. The third-order valence-electron chi connectivity index (χ3n) is 4.35. The molecule has 0 saturated carbocycles. The molecule has 7 heteroatoms. The third-order valence-corrected chi connectivity index (χ3v) is 5.47. The van der Waals surface area contributed by atoms with Gasteiger partial charge in [-0.3, -0.25) is 9.48 Å². The second-order valence-electron chi connectivity index (χ2n) is 7.27. The first-order chi connectivity index (χ1) is 13.2. The number of aromatic nitrogens is 2. The molecule has 2 aromatic heterocycles. The van der Waals surface area contributed by atoms with E-state index in [-0.39, 0.29) is 11.9 Å². The van der Waals surface area contributed by atoms with E-state index < -0.39 is 12.1 Å². The fraction of sp³-hybridized carbons (Fsp3) is 0.381. The third kappa shape index (κ3) is 4.42. The van der Waals surface area contributed by atoms with Crippen molar-refractivity contribution in [1.82, 2.24) is 15.1 Å². The molecule has 0 saturated heterocycles. The van der Waals surface area contributed by atoms with Gasteiger partial charge in [0.2, 0.25) is 0 Å². The second-order valence-corrected chi connectivity index (χ2v) is 8.30. The first kappa shape index (κ1) is 20.1. The minimum absolute atomic E-state index is 0.00613. The molecule has 0 bridgehead atoms. The minimum Gasteiger partial charge on any atom is -0.448 e. The van der Waals surface area contributed by atoms with Crippen molar-refractivity contribution in [2.75, 3.05) is 0 Å². The van der Waals surface area contributed by atoms with Gasteiger partial charge in [0, 0.05) is 11.4 Å². The largest absolute Gasteiger partial charge is 0.448 e. The van der Waals surface area contributed by atoms with Gasteiger partial charge in [0.25, 0.3) is 5.91 Å². The van der Waals surface area contributed by atoms with Crippen molar-refractivity contribution in [3.8, 4) is 0 Å². The summed E-state index contributed by atoms with van der Waals surface area (Å²) in [4.78, 5) is 25.9. The lowest BCUT2D eigenvalue weighted by atomic mass is 10.1. The fourth-order valence-corrected chi connectivity index (χ4v) is 3.90. The van der Waals surface area contributed by atoms with Gasteiger partial charge in [0.05, 0.1) is 12.2 Å². The summed E-state index contributed by atoms with van der Waals surface area (Å²) < 4.78 is 7.25. The monoisotopic (exact) mass is 399 g/mol. The maximum Gasteiger partial charge on any atom is 0.349 e. The average molecular weight is 400 g/mol. The summed E-state index contributed by atoms with van der Waals surface area (Å²) >= 11 is 1.34. The molecule has 28 heavy (non-hydrogen) atoms. The van der Waals surface area contributed by atoms with Gasteiger partial charge in [-0.05, 0) is 46.2 Å². The Balaban J connectivity index is 1.79. The van der Waals surface area contributed by atoms with Gasteiger partial charge in [-0.25, -0.2) is 4.79 Å². The van der Waals surface area contributed by atoms with E-state index >= 15 is 0 Å². The zero-order valence-corrected chi connectivity index (χ0v) is 17.6. The van der Waals surface area contributed by atoms with Crippen molar-refractivity contribution in [1.29, 1.82) is 0 Å². The Morgan fingerprint density at radius 3 is 2.50 bits per heavy atom. The van der Waals surface area contributed by atoms with Crippen LogP contribution in [-0.4, -0.2) is 33.8 Å². The van der Waals surface area contributed by atoms with Gasteiger partial charge in [-0.1, -0.05) is 29.8 Å². The summed E-state index contributed by atoms with van der Waals surface area (Å²) in [6.45, 7) is 9.91. The number of thiophene rings is 1. The van der Waals surface area contributed by atoms with Gasteiger partial charge in [0.1, 0.15) is 9.71 Å². The van der Waals surface area contributed by atoms with Crippen LogP contribution in [-0.2, 0) is 16.1 Å². The summed E-state index contributed by atoms with van der Waals surface area (Å²) in [7, 11) is 0. The Labute approximate surface area is 168 Å². The van der Waals surface area contributed by atoms with Crippen LogP contribution in [0.2, 0.25) is 0 Å². The maximum atomic E-state index is 12.5. The Morgan fingerprint density at radius 1 is 1.18 bits per heavy atom. The predicted molar refractivity (Wildman–Crippen MR) is 111 cm³/mol. The van der Waals surface area contributed by atoms with E-state index in [4.69, 9.17) is 4.74 Å². The normalized spacial score (nSPS) is 12.4. The molecule has 1 N–H and O–H groups in total. The van der Waals surface area contributed by atoms with Crippen LogP contribution in [0.4, 0.5) is 0 Å². The number of hydrogen-bond acceptors (Lipinski definition) is 5. The molecule has 0 aliphatic rings. The number of carbonyl (C=O) groups excluding carboxylic acids is 2. The highest BCUT2D eigenvalue weighted by atomic mass is 32.1. The summed E-state index contributed by atoms with van der Waals surface area (Å²) in [6, 6.07) is 10.1. The van der Waals surface area contributed by atoms with Crippen LogP contribution >= 0.6 is 11.3 Å². The van der Waals surface area contributed by atoms with Crippen LogP contribution in [0.1, 0.15) is 47.3 Å². The van der Waals surface area contributed by atoms with E-state index in [1.54, 1.807) is 13.0 Å². The highest BCUT2D eigenvalue weighted by molar-refractivity contribution is 7.20. The molecule has 1 aromatic carbocycles. The summed E-state index contributed by atoms with van der Waals surface area (Å²) in [5.74, 6) is -0.792. The molecule has 1 amide bonds. The SMILES string of the molecule is Cc1ccc(Cn2nc(C)c3cc(C(=O)O[C@H](C)C(=O)NC(C)C)sc32)cc1. The number of ether oxygens (including phenoxy) is 1. The van der Waals surface area contributed by atoms with Crippen LogP contribution in [0, 0.1) is 13.8 Å². The van der Waals surface area contributed by atoms with Gasteiger partial charge >= 0.3 is 5.97 Å². The first-order valence-corrected chi connectivity index (χ1v) is 10.1. The number of hydrogen-bond donors (Lipinski definition) is 1. The molecule has 0 aliphatic heterocycles. The minimum atomic E-state index is -0.842. The summed E-state index contributed by atoms with van der Waals surface area (Å²) in [6.07, 6.45) is -0.842. The Kier molecular flexibility index (Phi) is 5.84. The van der Waals surface area contributed by atoms with Crippen molar-refractivity contribution in [3.05, 3.63) is 52.0 Å². The van der Waals surface area contributed by atoms with E-state index in [0.29, 0.717) is 11.4 Å². The maximum absolute atomic E-state index is 12.5. The number of benzene rings is 1. The Bertz CT molecular complexity index is 1000. The molecule has 6 nitrogen and oxygen atoms in total. The lowest BCUT2D eigenvalue weighted by Crippen LogP contribution is -2.39. The van der Waals surface area contributed by atoms with Crippen LogP contribution in [0.15, 0.2) is 30.3 Å². The van der Waals surface area contributed by atoms with Crippen LogP contribution in [0.3, 0.4) is 0 Å². The van der Waals surface area contributed by atoms with E-state index in [0.717, 1.165) is 21.5 Å². The summed E-state index contributed by atoms with van der Waals surface area (Å²) in [5, 5.41) is 8.28. The molecule has 0 fully saturated rings. The number of carbonyl (C=O) groups is 2. The molecule has 3 aromatic rings. The molecule has 0 unspecified atom stereocenters. The highest BCUT2D eigenvalue weighted by Gasteiger charge is 2.22. The first-order valence-electron chi connectivity index (χ1n) is 9.28. The number of rotatable bonds is 6. The molecule has 0 aliphatic carbocycles. The van der Waals surface area contributed by atoms with Crippen molar-refractivity contribution in [2.24, 2.45) is 0 Å². The van der Waals surface area contributed by atoms with E-state index in [1.165, 1.54) is 16.9 Å². The second kappa shape index (κ2) is 8.14. The molecule has 2 heterocycles. The number of nitrogens with zero attached hydrogens (tertiary/aromatic N) is 2. The van der Waals surface area contributed by atoms with Crippen molar-refractivity contribution in [3.63, 3.8) is 0 Å². The summed E-state index contributed by atoms with van der Waals surface area (Å²) in [5.41, 5.74) is 3.22. The van der Waals surface area contributed by atoms with Gasteiger partial charge in [0.15, 0.2) is 6.10 Å². The predicted octanol–water partition coefficient (Wildman–Crippen LogP) is 3.83. The number of amides is 1. The van der Waals surface area contributed by atoms with Crippen LogP contribution < -0.4 is 5.32 Å². The van der Waals surface area contributed by atoms with Crippen molar-refractivity contribution >= 4 is 33.4 Å². The fourth-order valence-electron chi connectivity index (χ4n) is 2.86. The standard InChI is InChI=1S/C21H25N3O3S/c1-12(2)22-19(25)15(5)27-21(26)18-10-17-14(4)23-24(20(17)28-18)11-16-8-6-13(3)7-9-16/h6-10,12,15H,11H2,1-5H3,(H,22,25)/t15-/m1/s1. The average Bonchev–Trinajstić information content (AvgIpc) is 3.18. The molecular formula is C21H25N3O3S. The lowest BCUT2D eigenvalue weighted by molar-refractivity contribution is -0.129. The lowest BCUT2D eigenvalue weighted by Gasteiger charge is -2.14. The molecule has 0 spiro atoms. The molecule has 1 atom stereocenters. The van der Waals surface area contributed by atoms with E-state index in [1.807, 2.05) is 25.5 Å². The van der Waals surface area contributed by atoms with Crippen LogP contribution in [0.25, 0.3) is 10.2 Å². The highest BCUT2D eigenvalue weighted by Crippen LogP contribution is 2.29. The topological polar surface area (TPSA) is 73.2 Å². The zero-order chi connectivity index (χ0) is 20.4. The Morgan fingerprint density at radius 2 is 1.86 bits per heavy atom. The number of nitrogens with one attached hydrogen (secondary N) is 1. The van der Waals surface area contributed by atoms with Crippen molar-refractivity contribution < 1.29 is 14.3 Å². The molecular weight excluding hydrogens is 374 g/mol. The number of aryl methyl sites for hydroxylation is 2. The van der Waals surface area contributed by atoms with Crippen LogP contribution in [0.5, 0.6) is 0 Å². The molecule has 148 valence electrons. The van der Waals surface area contributed by atoms with E-state index in [2.05, 4.69) is 41.6 Å². The van der Waals surface area contributed by atoms with Crippen molar-refractivity contribution in [2.45, 2.75) is 53.3 Å². The zero-order valence-electron chi connectivity index (χ0n) is 16.8. The number of esters is 1. The molecule has 0 radical (unpaired) electrons. The Hall–Kier alpha value is -2.67. The van der Waals surface area contributed by atoms with Gasteiger partial charge in [-0.15, -0.1) is 11.3 Å². The van der Waals surface area contributed by atoms with Gasteiger partial charge in [-0.2, -0.15) is 5.10 Å².